The summed E-state index contributed by atoms with van der Waals surface area (Å²) in [6, 6.07) is 21.6. The van der Waals surface area contributed by atoms with Crippen LogP contribution in [-0.4, -0.2) is 27.0 Å². The van der Waals surface area contributed by atoms with E-state index in [0.717, 1.165) is 21.8 Å². The van der Waals surface area contributed by atoms with E-state index in [2.05, 4.69) is 34.2 Å². The molecule has 0 bridgehead atoms. The molecule has 0 aliphatic carbocycles. The molecule has 0 aliphatic heterocycles. The van der Waals surface area contributed by atoms with Crippen molar-refractivity contribution in [3.05, 3.63) is 101 Å². The van der Waals surface area contributed by atoms with Crippen molar-refractivity contribution in [2.75, 3.05) is 0 Å². The van der Waals surface area contributed by atoms with Crippen molar-refractivity contribution >= 4 is 49.3 Å². The number of aromatic hydroxyl groups is 1. The molecule has 6 aromatic rings. The van der Waals surface area contributed by atoms with Crippen LogP contribution in [0.2, 0.25) is 0 Å². The Bertz CT molecular complexity index is 1800. The number of alkyl halides is 3. The Morgan fingerprint density at radius 3 is 1.89 bits per heavy atom. The molecule has 0 spiro atoms. The largest absolute Gasteiger partial charge is 0.506 e. The average molecular weight is 640 g/mol. The monoisotopic (exact) mass is 641 g/mol. The van der Waals surface area contributed by atoms with Crippen molar-refractivity contribution in [2.45, 2.75) is 6.18 Å². The van der Waals surface area contributed by atoms with Gasteiger partial charge in [-0.2, -0.15) is 13.2 Å². The van der Waals surface area contributed by atoms with Gasteiger partial charge in [0.05, 0.1) is 16.4 Å². The number of aromatic nitrogens is 2. The van der Waals surface area contributed by atoms with E-state index < -0.39 is 28.9 Å². The van der Waals surface area contributed by atoms with Crippen LogP contribution in [0, 0.1) is 49.4 Å². The van der Waals surface area contributed by atoms with Crippen molar-refractivity contribution in [1.82, 2.24) is 9.97 Å². The molecule has 3 heterocycles. The summed E-state index contributed by atoms with van der Waals surface area (Å²) in [6.45, 7) is 0. The minimum atomic E-state index is -5.28. The van der Waals surface area contributed by atoms with E-state index >= 15 is 0 Å². The quantitative estimate of drug-likeness (QED) is 0.131. The number of rotatable bonds is 1. The van der Waals surface area contributed by atoms with Gasteiger partial charge in [-0.3, -0.25) is 14.8 Å². The first kappa shape index (κ1) is 26.8. The Hall–Kier alpha value is -3.21. The zero-order valence-corrected chi connectivity index (χ0v) is 21.1. The fraction of sp³-hybridized carbons (Fsp3) is 0.0370. The normalized spacial score (nSPS) is 11.2. The molecule has 0 fully saturated rings. The maximum absolute atomic E-state index is 12.5. The van der Waals surface area contributed by atoms with Crippen LogP contribution in [0.4, 0.5) is 13.2 Å². The van der Waals surface area contributed by atoms with Crippen LogP contribution in [0.1, 0.15) is 10.4 Å². The summed E-state index contributed by atoms with van der Waals surface area (Å²) < 4.78 is 42.4. The van der Waals surface area contributed by atoms with Gasteiger partial charge in [0.2, 0.25) is 0 Å². The van der Waals surface area contributed by atoms with Gasteiger partial charge in [0.25, 0.3) is 5.78 Å². The second kappa shape index (κ2) is 10.6. The van der Waals surface area contributed by atoms with Gasteiger partial charge < -0.3 is 9.52 Å². The number of carbonyl (C=O) groups is 1. The van der Waals surface area contributed by atoms with Gasteiger partial charge in [0.1, 0.15) is 11.3 Å². The number of carbonyl (C=O) groups excluding carboxylic acids is 1. The Labute approximate surface area is 247 Å². The molecule has 0 amide bonds. The van der Waals surface area contributed by atoms with E-state index in [9.17, 15) is 27.9 Å². The van der Waals surface area contributed by atoms with Gasteiger partial charge in [-0.25, -0.2) is 4.79 Å². The van der Waals surface area contributed by atoms with Gasteiger partial charge in [0.15, 0.2) is 5.56 Å². The maximum Gasteiger partial charge on any atom is 0.455 e. The Kier molecular flexibility index (Phi) is 7.73. The van der Waals surface area contributed by atoms with E-state index in [1.807, 2.05) is 12.1 Å². The predicted molar refractivity (Wildman–Crippen MR) is 129 cm³/mol. The smallest absolute Gasteiger partial charge is 0.455 e. The number of hydrogen-bond donors (Lipinski definition) is 1. The molecule has 1 radical (unpaired) electrons. The molecule has 185 valence electrons. The van der Waals surface area contributed by atoms with Crippen LogP contribution >= 0.6 is 0 Å². The second-order valence-corrected chi connectivity index (χ2v) is 7.82. The first-order valence-electron chi connectivity index (χ1n) is 10.6. The minimum absolute atomic E-state index is 0. The summed E-state index contributed by atoms with van der Waals surface area (Å²) in [6.07, 6.45) is -1.68. The van der Waals surface area contributed by atoms with E-state index in [-0.39, 0.29) is 60.3 Å². The van der Waals surface area contributed by atoms with Crippen molar-refractivity contribution in [2.24, 2.45) is 0 Å². The summed E-state index contributed by atoms with van der Waals surface area (Å²) in [5.41, 5.74) is -1.05. The molecule has 1 N–H and O–H groups in total. The van der Waals surface area contributed by atoms with Crippen molar-refractivity contribution in [3.63, 3.8) is 0 Å². The summed E-state index contributed by atoms with van der Waals surface area (Å²) >= 11 is 0. The molecule has 37 heavy (non-hydrogen) atoms. The molecule has 3 aromatic heterocycles. The fourth-order valence-corrected chi connectivity index (χ4v) is 3.94. The first-order valence-corrected chi connectivity index (χ1v) is 10.6. The molecular formula is C27H15EuF3N2O4. The standard InChI is InChI=1S/C15H7F3O4.C12H8N2.Eu/c16-15(17,18)13(20)10-11(19)9-6-5-7-3-1-2-4-8(7)12(9)22-14(10)21;1-3-9-5-6-10-4-2-8-14-12(10)11(9)13-7-1;/h1-6,19H;1-8H;. The van der Waals surface area contributed by atoms with Crippen LogP contribution in [0.3, 0.4) is 0 Å². The minimum Gasteiger partial charge on any atom is -0.506 e. The van der Waals surface area contributed by atoms with Crippen LogP contribution in [0.25, 0.3) is 43.5 Å². The van der Waals surface area contributed by atoms with Gasteiger partial charge in [-0.1, -0.05) is 54.6 Å². The predicted octanol–water partition coefficient (Wildman–Crippen LogP) is 6.18. The van der Waals surface area contributed by atoms with Crippen LogP contribution in [0.15, 0.2) is 94.4 Å². The molecule has 0 saturated heterocycles. The molecule has 0 aliphatic rings. The topological polar surface area (TPSA) is 93.3 Å². The fourth-order valence-electron chi connectivity index (χ4n) is 3.94. The third kappa shape index (κ3) is 5.14. The molecule has 0 unspecified atom stereocenters. The van der Waals surface area contributed by atoms with Gasteiger partial charge in [-0.05, 0) is 23.6 Å². The number of fused-ring (bicyclic) bond motifs is 6. The van der Waals surface area contributed by atoms with Gasteiger partial charge in [-0.15, -0.1) is 0 Å². The zero-order chi connectivity index (χ0) is 25.4. The maximum atomic E-state index is 12.5. The van der Waals surface area contributed by atoms with Crippen molar-refractivity contribution in [3.8, 4) is 5.75 Å². The zero-order valence-electron chi connectivity index (χ0n) is 18.7. The second-order valence-electron chi connectivity index (χ2n) is 7.82. The molecule has 6 rings (SSSR count). The number of nitrogens with zero attached hydrogens (tertiary/aromatic N) is 2. The summed E-state index contributed by atoms with van der Waals surface area (Å²) in [5.74, 6) is -3.46. The average Bonchev–Trinajstić information content (AvgIpc) is 2.88. The Morgan fingerprint density at radius 1 is 0.757 bits per heavy atom. The number of ketones is 1. The third-order valence-electron chi connectivity index (χ3n) is 5.60. The molecule has 0 saturated carbocycles. The van der Waals surface area contributed by atoms with E-state index in [0.29, 0.717) is 10.8 Å². The number of halogens is 3. The number of benzene rings is 3. The van der Waals surface area contributed by atoms with E-state index in [1.165, 1.54) is 6.07 Å². The molecule has 3 aromatic carbocycles. The molecule has 10 heteroatoms. The number of hydrogen-bond acceptors (Lipinski definition) is 6. The Morgan fingerprint density at radius 2 is 1.30 bits per heavy atom. The van der Waals surface area contributed by atoms with E-state index in [4.69, 9.17) is 4.42 Å². The SMILES string of the molecule is O=C(c1c(O)c2ccc3ccccc3c2oc1=O)C(F)(F)F.[Eu].c1cnc2c(c1)ccc1cccnc12. The molecular weight excluding hydrogens is 625 g/mol. The summed E-state index contributed by atoms with van der Waals surface area (Å²) in [7, 11) is 0. The molecule has 0 atom stereocenters. The van der Waals surface area contributed by atoms with Crippen LogP contribution < -0.4 is 5.63 Å². The summed E-state index contributed by atoms with van der Waals surface area (Å²) in [4.78, 5) is 31.7. The van der Waals surface area contributed by atoms with Crippen molar-refractivity contribution in [1.29, 1.82) is 0 Å². The van der Waals surface area contributed by atoms with Crippen LogP contribution in [0.5, 0.6) is 5.75 Å². The van der Waals surface area contributed by atoms with E-state index in [1.54, 1.807) is 42.7 Å². The van der Waals surface area contributed by atoms with Crippen LogP contribution in [-0.2, 0) is 0 Å². The number of pyridine rings is 2. The Balaban J connectivity index is 0.000000184. The summed E-state index contributed by atoms with van der Waals surface area (Å²) in [5, 5.41) is 13.2. The third-order valence-corrected chi connectivity index (χ3v) is 5.60. The molecule has 6 nitrogen and oxygen atoms in total. The van der Waals surface area contributed by atoms with Gasteiger partial charge in [0, 0.05) is 77.9 Å². The first-order chi connectivity index (χ1) is 17.3. The van der Waals surface area contributed by atoms with Gasteiger partial charge >= 0.3 is 11.8 Å². The number of Topliss-reactive ketones (excluding diaryl/α,β-unsaturated/α-hetero) is 1. The van der Waals surface area contributed by atoms with Crippen molar-refractivity contribution < 1.29 is 76.9 Å².